The van der Waals surface area contributed by atoms with E-state index >= 15 is 0 Å². The minimum absolute atomic E-state index is 0.403. The number of aliphatic hydroxyl groups excluding tert-OH is 1. The molecule has 0 spiro atoms. The van der Waals surface area contributed by atoms with Crippen molar-refractivity contribution >= 4 is 22.6 Å². The van der Waals surface area contributed by atoms with Gasteiger partial charge in [-0.2, -0.15) is 0 Å². The number of hydrogen-bond acceptors (Lipinski definition) is 5. The van der Waals surface area contributed by atoms with Crippen LogP contribution in [0.5, 0.6) is 0 Å². The maximum absolute atomic E-state index is 11.7. The average molecular weight is 368 g/mol. The molecule has 1 aliphatic rings. The van der Waals surface area contributed by atoms with Gasteiger partial charge >= 0.3 is 5.69 Å². The number of rotatable bonds is 3. The molecule has 2 unspecified atom stereocenters. The normalized spacial score (nSPS) is 31.7. The summed E-state index contributed by atoms with van der Waals surface area (Å²) in [6.45, 7) is 0. The van der Waals surface area contributed by atoms with Gasteiger partial charge in [0, 0.05) is 23.8 Å². The van der Waals surface area contributed by atoms with Crippen LogP contribution in [0.2, 0.25) is 0 Å². The van der Waals surface area contributed by atoms with Crippen molar-refractivity contribution in [2.45, 2.75) is 24.5 Å². The van der Waals surface area contributed by atoms with Crippen LogP contribution in [-0.4, -0.2) is 44.5 Å². The Morgan fingerprint density at radius 1 is 1.61 bits per heavy atom. The number of aromatic nitrogens is 2. The van der Waals surface area contributed by atoms with Crippen molar-refractivity contribution in [1.82, 2.24) is 9.55 Å². The molecule has 1 aromatic rings. The summed E-state index contributed by atoms with van der Waals surface area (Å²) in [6, 6.07) is 1.22. The van der Waals surface area contributed by atoms with Crippen molar-refractivity contribution in [1.29, 1.82) is 0 Å². The van der Waals surface area contributed by atoms with Crippen molar-refractivity contribution in [2.75, 3.05) is 11.5 Å². The lowest BCUT2D eigenvalue weighted by atomic mass is 10.1. The zero-order chi connectivity index (χ0) is 13.3. The maximum Gasteiger partial charge on any atom is 0.330 e. The van der Waals surface area contributed by atoms with Gasteiger partial charge in [-0.1, -0.05) is 22.6 Å². The number of hydrogen-bond donors (Lipinski definition) is 2. The molecule has 0 aromatic carbocycles. The minimum Gasteiger partial charge on any atom is -0.387 e. The molecule has 18 heavy (non-hydrogen) atoms. The Balaban J connectivity index is 2.38. The van der Waals surface area contributed by atoms with E-state index < -0.39 is 35.8 Å². The fraction of sp³-hybridized carbons (Fsp3) is 0.600. The molecule has 1 fully saturated rings. The summed E-state index contributed by atoms with van der Waals surface area (Å²) in [6.07, 6.45) is -1.27. The van der Waals surface area contributed by atoms with E-state index in [0.717, 1.165) is 0 Å². The van der Waals surface area contributed by atoms with E-state index in [1.54, 1.807) is 0 Å². The van der Waals surface area contributed by atoms with Crippen molar-refractivity contribution in [3.63, 3.8) is 0 Å². The summed E-state index contributed by atoms with van der Waals surface area (Å²) >= 11 is 2.09. The van der Waals surface area contributed by atoms with E-state index in [1.165, 1.54) is 23.9 Å². The molecule has 4 atom stereocenters. The largest absolute Gasteiger partial charge is 0.387 e. The number of aromatic amines is 1. The third kappa shape index (κ3) is 2.37. The van der Waals surface area contributed by atoms with Crippen LogP contribution in [0.25, 0.3) is 0 Å². The van der Waals surface area contributed by atoms with E-state index in [1.807, 2.05) is 0 Å². The molecule has 1 aliphatic heterocycles. The number of alkyl halides is 1. The predicted molar refractivity (Wildman–Crippen MR) is 70.9 cm³/mol. The Morgan fingerprint density at radius 2 is 2.33 bits per heavy atom. The molecule has 7 nitrogen and oxygen atoms in total. The van der Waals surface area contributed by atoms with Crippen LogP contribution < -0.4 is 11.2 Å². The van der Waals surface area contributed by atoms with E-state index in [-0.39, 0.29) is 0 Å². The molecule has 0 amide bonds. The van der Waals surface area contributed by atoms with Gasteiger partial charge in [-0.05, 0) is 0 Å². The first-order valence-electron chi connectivity index (χ1n) is 5.32. The Labute approximate surface area is 116 Å². The molecule has 8 heteroatoms. The van der Waals surface area contributed by atoms with Crippen LogP contribution in [-0.2, 0) is 9.47 Å². The molecule has 100 valence electrons. The van der Waals surface area contributed by atoms with Crippen molar-refractivity contribution in [2.24, 2.45) is 0 Å². The van der Waals surface area contributed by atoms with Crippen molar-refractivity contribution in [3.8, 4) is 0 Å². The summed E-state index contributed by atoms with van der Waals surface area (Å²) < 4.78 is 12.6. The molecule has 2 heterocycles. The average Bonchev–Trinajstić information content (AvgIpc) is 2.65. The summed E-state index contributed by atoms with van der Waals surface area (Å²) in [5.74, 6) is 0. The first kappa shape index (κ1) is 13.7. The minimum atomic E-state index is -0.810. The summed E-state index contributed by atoms with van der Waals surface area (Å²) in [5.41, 5.74) is -1.06. The highest BCUT2D eigenvalue weighted by Crippen LogP contribution is 2.31. The number of aliphatic hydroxyl groups is 1. The van der Waals surface area contributed by atoms with Crippen LogP contribution in [0, 0.1) is 0 Å². The second-order valence-electron chi connectivity index (χ2n) is 3.93. The Bertz CT molecular complexity index is 527. The zero-order valence-electron chi connectivity index (χ0n) is 9.58. The van der Waals surface area contributed by atoms with Gasteiger partial charge in [-0.15, -0.1) is 0 Å². The third-order valence-electron chi connectivity index (χ3n) is 2.86. The molecular formula is C10H13IN2O5. The summed E-state index contributed by atoms with van der Waals surface area (Å²) in [4.78, 5) is 24.8. The lowest BCUT2D eigenvalue weighted by Gasteiger charge is -2.19. The Kier molecular flexibility index (Phi) is 4.20. The smallest absolute Gasteiger partial charge is 0.330 e. The van der Waals surface area contributed by atoms with Gasteiger partial charge in [0.1, 0.15) is 12.2 Å². The SMILES string of the molecule is COC1C(O)[C@H](CI)O[C@@H]1n1ccc(=O)[nH]c1=O. The van der Waals surface area contributed by atoms with Crippen LogP contribution in [0.3, 0.4) is 0 Å². The van der Waals surface area contributed by atoms with Crippen molar-refractivity contribution < 1.29 is 14.6 Å². The van der Waals surface area contributed by atoms with E-state index in [2.05, 4.69) is 27.6 Å². The molecule has 0 saturated carbocycles. The number of halogens is 1. The fourth-order valence-corrected chi connectivity index (χ4v) is 2.68. The molecule has 2 rings (SSSR count). The standard InChI is InChI=1S/C10H13IN2O5/c1-17-8-7(15)5(4-11)18-9(8)13-3-2-6(14)12-10(13)16/h2-3,5,7-9,15H,4H2,1H3,(H,12,14,16)/t5-,7?,8?,9-/m0/s1. The molecule has 1 saturated heterocycles. The summed E-state index contributed by atoms with van der Waals surface area (Å²) in [5, 5.41) is 9.98. The molecule has 2 N–H and O–H groups in total. The van der Waals surface area contributed by atoms with Gasteiger partial charge in [0.15, 0.2) is 6.23 Å². The highest BCUT2D eigenvalue weighted by molar-refractivity contribution is 14.1. The highest BCUT2D eigenvalue weighted by Gasteiger charge is 2.44. The third-order valence-corrected chi connectivity index (χ3v) is 3.73. The number of methoxy groups -OCH3 is 1. The maximum atomic E-state index is 11.7. The van der Waals surface area contributed by atoms with Gasteiger partial charge in [-0.3, -0.25) is 14.3 Å². The number of H-pyrrole nitrogens is 1. The monoisotopic (exact) mass is 368 g/mol. The summed E-state index contributed by atoms with van der Waals surface area (Å²) in [7, 11) is 1.44. The first-order chi connectivity index (χ1) is 8.58. The molecule has 0 bridgehead atoms. The van der Waals surface area contributed by atoms with Gasteiger partial charge in [-0.25, -0.2) is 4.79 Å². The van der Waals surface area contributed by atoms with Gasteiger partial charge in [0.05, 0.1) is 6.10 Å². The van der Waals surface area contributed by atoms with Crippen LogP contribution in [0.4, 0.5) is 0 Å². The predicted octanol–water partition coefficient (Wildman–Crippen LogP) is -0.755. The van der Waals surface area contributed by atoms with E-state index in [9.17, 15) is 14.7 Å². The van der Waals surface area contributed by atoms with E-state index in [0.29, 0.717) is 4.43 Å². The number of ether oxygens (including phenoxy) is 2. The van der Waals surface area contributed by atoms with Crippen LogP contribution in [0.1, 0.15) is 6.23 Å². The highest BCUT2D eigenvalue weighted by atomic mass is 127. The van der Waals surface area contributed by atoms with Gasteiger partial charge in [0.25, 0.3) is 5.56 Å². The van der Waals surface area contributed by atoms with Crippen molar-refractivity contribution in [3.05, 3.63) is 33.1 Å². The molecular weight excluding hydrogens is 355 g/mol. The Hall–Kier alpha value is -0.710. The lowest BCUT2D eigenvalue weighted by Crippen LogP contribution is -2.38. The molecule has 1 aromatic heterocycles. The quantitative estimate of drug-likeness (QED) is 0.541. The number of nitrogens with zero attached hydrogens (tertiary/aromatic N) is 1. The van der Waals surface area contributed by atoms with Crippen LogP contribution >= 0.6 is 22.6 Å². The van der Waals surface area contributed by atoms with E-state index in [4.69, 9.17) is 9.47 Å². The van der Waals surface area contributed by atoms with Crippen LogP contribution in [0.15, 0.2) is 21.9 Å². The fourth-order valence-electron chi connectivity index (χ4n) is 1.95. The molecule has 0 aliphatic carbocycles. The zero-order valence-corrected chi connectivity index (χ0v) is 11.7. The second kappa shape index (κ2) is 5.51. The van der Waals surface area contributed by atoms with Gasteiger partial charge < -0.3 is 14.6 Å². The number of nitrogens with one attached hydrogen (secondary N) is 1. The second-order valence-corrected chi connectivity index (χ2v) is 4.81. The molecule has 0 radical (unpaired) electrons. The lowest BCUT2D eigenvalue weighted by molar-refractivity contribution is -0.0509. The first-order valence-corrected chi connectivity index (χ1v) is 6.84. The van der Waals surface area contributed by atoms with Gasteiger partial charge in [0.2, 0.25) is 0 Å². The Morgan fingerprint density at radius 3 is 2.89 bits per heavy atom. The topological polar surface area (TPSA) is 93.5 Å².